The highest BCUT2D eigenvalue weighted by atomic mass is 16.5. The number of nitrogens with zero attached hydrogens (tertiary/aromatic N) is 3. The molecule has 2 aromatic carbocycles. The van der Waals surface area contributed by atoms with Crippen molar-refractivity contribution >= 4 is 11.6 Å². The maximum atomic E-state index is 13.3. The number of amides is 1. The van der Waals surface area contributed by atoms with Gasteiger partial charge in [-0.05, 0) is 44.5 Å². The highest BCUT2D eigenvalue weighted by Gasteiger charge is 2.35. The third kappa shape index (κ3) is 4.35. The second kappa shape index (κ2) is 8.78. The van der Waals surface area contributed by atoms with E-state index >= 15 is 0 Å². The average Bonchev–Trinajstić information content (AvgIpc) is 3.20. The van der Waals surface area contributed by atoms with Gasteiger partial charge in [0.15, 0.2) is 0 Å². The number of ether oxygens (including phenoxy) is 1. The third-order valence-corrected chi connectivity index (χ3v) is 5.86. The van der Waals surface area contributed by atoms with Crippen LogP contribution < -0.4 is 4.74 Å². The SMILES string of the molecule is COc1ccccc1C1CC(c2ccc(C)cc2)=NN1C(=O)CN1CCCCC1. The Morgan fingerprint density at radius 2 is 1.79 bits per heavy atom. The first-order chi connectivity index (χ1) is 14.2. The van der Waals surface area contributed by atoms with Gasteiger partial charge < -0.3 is 4.74 Å². The maximum Gasteiger partial charge on any atom is 0.257 e. The van der Waals surface area contributed by atoms with Gasteiger partial charge in [-0.2, -0.15) is 5.10 Å². The molecule has 0 aromatic heterocycles. The van der Waals surface area contributed by atoms with Crippen LogP contribution in [-0.2, 0) is 4.79 Å². The molecular formula is C24H29N3O2. The minimum atomic E-state index is -0.139. The van der Waals surface area contributed by atoms with E-state index in [1.54, 1.807) is 12.1 Å². The largest absolute Gasteiger partial charge is 0.496 e. The van der Waals surface area contributed by atoms with Crippen molar-refractivity contribution < 1.29 is 9.53 Å². The number of rotatable bonds is 5. The van der Waals surface area contributed by atoms with Crippen LogP contribution in [0.3, 0.4) is 0 Å². The van der Waals surface area contributed by atoms with E-state index in [0.717, 1.165) is 35.7 Å². The number of hydrazone groups is 1. The summed E-state index contributed by atoms with van der Waals surface area (Å²) in [6, 6.07) is 16.2. The predicted octanol–water partition coefficient (Wildman–Crippen LogP) is 4.17. The van der Waals surface area contributed by atoms with E-state index in [4.69, 9.17) is 9.84 Å². The lowest BCUT2D eigenvalue weighted by Crippen LogP contribution is -2.40. The topological polar surface area (TPSA) is 45.1 Å². The quantitative estimate of drug-likeness (QED) is 0.769. The molecule has 0 radical (unpaired) electrons. The summed E-state index contributed by atoms with van der Waals surface area (Å²) >= 11 is 0. The van der Waals surface area contributed by atoms with E-state index in [-0.39, 0.29) is 11.9 Å². The number of benzene rings is 2. The molecule has 2 heterocycles. The smallest absolute Gasteiger partial charge is 0.257 e. The van der Waals surface area contributed by atoms with Gasteiger partial charge in [-0.3, -0.25) is 9.69 Å². The molecule has 0 spiro atoms. The maximum absolute atomic E-state index is 13.3. The van der Waals surface area contributed by atoms with Crippen LogP contribution >= 0.6 is 0 Å². The van der Waals surface area contributed by atoms with E-state index in [2.05, 4.69) is 36.1 Å². The first-order valence-corrected chi connectivity index (χ1v) is 10.5. The van der Waals surface area contributed by atoms with Gasteiger partial charge in [-0.15, -0.1) is 0 Å². The molecule has 0 N–H and O–H groups in total. The van der Waals surface area contributed by atoms with Crippen LogP contribution in [0.15, 0.2) is 53.6 Å². The summed E-state index contributed by atoms with van der Waals surface area (Å²) in [5.41, 5.74) is 4.25. The number of methoxy groups -OCH3 is 1. The summed E-state index contributed by atoms with van der Waals surface area (Å²) in [5, 5.41) is 6.50. The van der Waals surface area contributed by atoms with Gasteiger partial charge in [-0.25, -0.2) is 5.01 Å². The van der Waals surface area contributed by atoms with Crippen LogP contribution in [0.1, 0.15) is 48.4 Å². The van der Waals surface area contributed by atoms with E-state index in [9.17, 15) is 4.79 Å². The van der Waals surface area contributed by atoms with Gasteiger partial charge in [-0.1, -0.05) is 54.4 Å². The molecule has 1 atom stereocenters. The molecule has 152 valence electrons. The summed E-state index contributed by atoms with van der Waals surface area (Å²) in [5.74, 6) is 0.860. The normalized spacial score (nSPS) is 19.9. The molecule has 0 saturated carbocycles. The van der Waals surface area contributed by atoms with Crippen molar-refractivity contribution in [3.05, 3.63) is 65.2 Å². The minimum absolute atomic E-state index is 0.0601. The number of hydrogen-bond donors (Lipinski definition) is 0. The number of carbonyl (C=O) groups is 1. The number of likely N-dealkylation sites (tertiary alicyclic amines) is 1. The Morgan fingerprint density at radius 3 is 2.52 bits per heavy atom. The first kappa shape index (κ1) is 19.6. The summed E-state index contributed by atoms with van der Waals surface area (Å²) in [6.45, 7) is 4.49. The predicted molar refractivity (Wildman–Crippen MR) is 115 cm³/mol. The van der Waals surface area contributed by atoms with Crippen molar-refractivity contribution in [2.45, 2.75) is 38.6 Å². The number of para-hydroxylation sites is 1. The number of piperidine rings is 1. The lowest BCUT2D eigenvalue weighted by atomic mass is 9.97. The van der Waals surface area contributed by atoms with Crippen molar-refractivity contribution in [1.82, 2.24) is 9.91 Å². The third-order valence-electron chi connectivity index (χ3n) is 5.86. The zero-order valence-corrected chi connectivity index (χ0v) is 17.3. The van der Waals surface area contributed by atoms with Crippen molar-refractivity contribution in [2.75, 3.05) is 26.7 Å². The van der Waals surface area contributed by atoms with Crippen LogP contribution in [0.4, 0.5) is 0 Å². The van der Waals surface area contributed by atoms with Crippen LogP contribution in [0.2, 0.25) is 0 Å². The number of hydrogen-bond acceptors (Lipinski definition) is 4. The number of aryl methyl sites for hydroxylation is 1. The van der Waals surface area contributed by atoms with Gasteiger partial charge in [0.1, 0.15) is 5.75 Å². The lowest BCUT2D eigenvalue weighted by molar-refractivity contribution is -0.134. The van der Waals surface area contributed by atoms with Crippen LogP contribution in [-0.4, -0.2) is 48.3 Å². The number of carbonyl (C=O) groups excluding carboxylic acids is 1. The fourth-order valence-electron chi connectivity index (χ4n) is 4.23. The zero-order valence-electron chi connectivity index (χ0n) is 17.3. The van der Waals surface area contributed by atoms with Crippen LogP contribution in [0, 0.1) is 6.92 Å². The van der Waals surface area contributed by atoms with Gasteiger partial charge >= 0.3 is 0 Å². The molecule has 0 aliphatic carbocycles. The zero-order chi connectivity index (χ0) is 20.2. The van der Waals surface area contributed by atoms with Crippen molar-refractivity contribution in [1.29, 1.82) is 0 Å². The van der Waals surface area contributed by atoms with Gasteiger partial charge in [0.2, 0.25) is 0 Å². The molecule has 5 nitrogen and oxygen atoms in total. The van der Waals surface area contributed by atoms with Gasteiger partial charge in [0, 0.05) is 12.0 Å². The minimum Gasteiger partial charge on any atom is -0.496 e. The fraction of sp³-hybridized carbons (Fsp3) is 0.417. The Kier molecular flexibility index (Phi) is 5.95. The Morgan fingerprint density at radius 1 is 1.07 bits per heavy atom. The molecule has 1 saturated heterocycles. The van der Waals surface area contributed by atoms with Gasteiger partial charge in [0.05, 0.1) is 25.4 Å². The fourth-order valence-corrected chi connectivity index (χ4v) is 4.23. The highest BCUT2D eigenvalue weighted by molar-refractivity contribution is 6.03. The van der Waals surface area contributed by atoms with E-state index in [1.165, 1.54) is 24.8 Å². The summed E-state index contributed by atoms with van der Waals surface area (Å²) < 4.78 is 5.59. The van der Waals surface area contributed by atoms with E-state index < -0.39 is 0 Å². The van der Waals surface area contributed by atoms with E-state index in [0.29, 0.717) is 13.0 Å². The molecule has 1 amide bonds. The molecule has 29 heavy (non-hydrogen) atoms. The Labute approximate surface area is 173 Å². The highest BCUT2D eigenvalue weighted by Crippen LogP contribution is 2.37. The Bertz CT molecular complexity index is 885. The molecule has 0 bridgehead atoms. The molecule has 1 fully saturated rings. The van der Waals surface area contributed by atoms with Crippen molar-refractivity contribution in [2.24, 2.45) is 5.10 Å². The van der Waals surface area contributed by atoms with Gasteiger partial charge in [0.25, 0.3) is 5.91 Å². The molecular weight excluding hydrogens is 362 g/mol. The van der Waals surface area contributed by atoms with Crippen molar-refractivity contribution in [3.8, 4) is 5.75 Å². The average molecular weight is 392 g/mol. The lowest BCUT2D eigenvalue weighted by Gasteiger charge is -2.29. The molecule has 2 aromatic rings. The monoisotopic (exact) mass is 391 g/mol. The summed E-state index contributed by atoms with van der Waals surface area (Å²) in [4.78, 5) is 15.5. The summed E-state index contributed by atoms with van der Waals surface area (Å²) in [6.07, 6.45) is 4.28. The summed E-state index contributed by atoms with van der Waals surface area (Å²) in [7, 11) is 1.68. The molecule has 2 aliphatic heterocycles. The molecule has 4 rings (SSSR count). The van der Waals surface area contributed by atoms with E-state index in [1.807, 2.05) is 24.3 Å². The Balaban J connectivity index is 1.63. The van der Waals surface area contributed by atoms with Crippen LogP contribution in [0.25, 0.3) is 0 Å². The molecule has 1 unspecified atom stereocenters. The standard InChI is InChI=1S/C24H29N3O2/c1-18-10-12-19(13-11-18)21-16-22(20-8-4-5-9-23(20)29-2)27(25-21)24(28)17-26-14-6-3-7-15-26/h4-5,8-13,22H,3,6-7,14-17H2,1-2H3. The van der Waals surface area contributed by atoms with Crippen LogP contribution in [0.5, 0.6) is 5.75 Å². The first-order valence-electron chi connectivity index (χ1n) is 10.5. The second-order valence-electron chi connectivity index (χ2n) is 7.95. The molecule has 2 aliphatic rings. The Hall–Kier alpha value is -2.66. The van der Waals surface area contributed by atoms with Crippen molar-refractivity contribution in [3.63, 3.8) is 0 Å². The molecule has 5 heteroatoms. The second-order valence-corrected chi connectivity index (χ2v) is 7.95.